The van der Waals surface area contributed by atoms with Crippen LogP contribution >= 0.6 is 35.0 Å². The molecule has 0 fully saturated rings. The van der Waals surface area contributed by atoms with Crippen molar-refractivity contribution >= 4 is 46.6 Å². The van der Waals surface area contributed by atoms with E-state index in [0.717, 1.165) is 11.1 Å². The van der Waals surface area contributed by atoms with Crippen molar-refractivity contribution in [2.24, 2.45) is 0 Å². The molecule has 0 aliphatic rings. The third-order valence-electron chi connectivity index (χ3n) is 3.50. The van der Waals surface area contributed by atoms with Gasteiger partial charge in [-0.1, -0.05) is 47.1 Å². The Bertz CT molecular complexity index is 960. The maximum atomic E-state index is 12.2. The molecular formula is C17H15Cl2N5OS. The first kappa shape index (κ1) is 18.7. The Labute approximate surface area is 164 Å². The summed E-state index contributed by atoms with van der Waals surface area (Å²) >= 11 is 13.6. The monoisotopic (exact) mass is 407 g/mol. The molecule has 3 aromatic rings. The van der Waals surface area contributed by atoms with E-state index < -0.39 is 0 Å². The summed E-state index contributed by atoms with van der Waals surface area (Å²) in [4.78, 5) is 12.2. The Morgan fingerprint density at radius 3 is 2.50 bits per heavy atom. The molecule has 0 bridgehead atoms. The van der Waals surface area contributed by atoms with Gasteiger partial charge < -0.3 is 5.32 Å². The SMILES string of the molecule is Cc1ccc(NC(=O)CSc2nnnn2-c2ccc(C)cc2Cl)c(Cl)c1. The third-order valence-corrected chi connectivity index (χ3v) is 5.04. The van der Waals surface area contributed by atoms with Gasteiger partial charge in [-0.05, 0) is 59.7 Å². The van der Waals surface area contributed by atoms with Crippen LogP contribution in [0.3, 0.4) is 0 Å². The molecule has 3 rings (SSSR count). The van der Waals surface area contributed by atoms with Crippen molar-refractivity contribution in [2.45, 2.75) is 19.0 Å². The van der Waals surface area contributed by atoms with Crippen molar-refractivity contribution < 1.29 is 4.79 Å². The lowest BCUT2D eigenvalue weighted by Gasteiger charge is -2.09. The maximum Gasteiger partial charge on any atom is 0.234 e. The molecule has 0 atom stereocenters. The first-order chi connectivity index (χ1) is 12.4. The molecule has 0 radical (unpaired) electrons. The van der Waals surface area contributed by atoms with E-state index >= 15 is 0 Å². The number of halogens is 2. The number of nitrogens with one attached hydrogen (secondary N) is 1. The lowest BCUT2D eigenvalue weighted by Crippen LogP contribution is -2.15. The number of anilines is 1. The van der Waals surface area contributed by atoms with E-state index in [0.29, 0.717) is 26.6 Å². The van der Waals surface area contributed by atoms with E-state index in [1.54, 1.807) is 12.1 Å². The van der Waals surface area contributed by atoms with E-state index in [-0.39, 0.29) is 11.7 Å². The molecule has 0 spiro atoms. The zero-order valence-electron chi connectivity index (χ0n) is 14.0. The molecule has 1 aromatic heterocycles. The number of carbonyl (C=O) groups is 1. The number of nitrogens with zero attached hydrogens (tertiary/aromatic N) is 4. The molecule has 1 heterocycles. The number of amides is 1. The van der Waals surface area contributed by atoms with E-state index in [1.165, 1.54) is 16.4 Å². The highest BCUT2D eigenvalue weighted by Crippen LogP contribution is 2.26. The van der Waals surface area contributed by atoms with Gasteiger partial charge in [-0.15, -0.1) is 5.10 Å². The van der Waals surface area contributed by atoms with Gasteiger partial charge in [0.25, 0.3) is 0 Å². The van der Waals surface area contributed by atoms with Gasteiger partial charge in [0.2, 0.25) is 11.1 Å². The van der Waals surface area contributed by atoms with Crippen LogP contribution in [-0.4, -0.2) is 31.9 Å². The Balaban J connectivity index is 1.69. The Hall–Kier alpha value is -2.09. The number of tetrazole rings is 1. The molecule has 0 aliphatic heterocycles. The van der Waals surface area contributed by atoms with Gasteiger partial charge in [0.05, 0.1) is 27.2 Å². The third kappa shape index (κ3) is 4.35. The molecule has 0 unspecified atom stereocenters. The molecule has 0 aliphatic carbocycles. The number of carbonyl (C=O) groups excluding carboxylic acids is 1. The molecule has 0 saturated heterocycles. The number of aromatic nitrogens is 4. The number of aryl methyl sites for hydroxylation is 2. The lowest BCUT2D eigenvalue weighted by atomic mass is 10.2. The van der Waals surface area contributed by atoms with Crippen molar-refractivity contribution in [3.05, 3.63) is 57.6 Å². The van der Waals surface area contributed by atoms with Crippen LogP contribution in [0.4, 0.5) is 5.69 Å². The van der Waals surface area contributed by atoms with Crippen LogP contribution in [0.1, 0.15) is 11.1 Å². The van der Waals surface area contributed by atoms with Crippen molar-refractivity contribution in [1.29, 1.82) is 0 Å². The Kier molecular flexibility index (Phi) is 5.80. The number of hydrogen-bond acceptors (Lipinski definition) is 5. The summed E-state index contributed by atoms with van der Waals surface area (Å²) in [6, 6.07) is 11.0. The van der Waals surface area contributed by atoms with Crippen LogP contribution in [0.15, 0.2) is 41.6 Å². The summed E-state index contributed by atoms with van der Waals surface area (Å²) in [5, 5.41) is 15.9. The summed E-state index contributed by atoms with van der Waals surface area (Å²) in [6.45, 7) is 3.88. The molecule has 1 amide bonds. The van der Waals surface area contributed by atoms with Crippen molar-refractivity contribution in [3.63, 3.8) is 0 Å². The van der Waals surface area contributed by atoms with Gasteiger partial charge in [0, 0.05) is 0 Å². The van der Waals surface area contributed by atoms with Crippen LogP contribution in [0.2, 0.25) is 10.0 Å². The highest BCUT2D eigenvalue weighted by Gasteiger charge is 2.14. The summed E-state index contributed by atoms with van der Waals surface area (Å²) in [6.07, 6.45) is 0. The number of hydrogen-bond donors (Lipinski definition) is 1. The fraction of sp³-hybridized carbons (Fsp3) is 0.176. The molecule has 9 heteroatoms. The van der Waals surface area contributed by atoms with Crippen LogP contribution in [0, 0.1) is 13.8 Å². The molecule has 26 heavy (non-hydrogen) atoms. The number of rotatable bonds is 5. The van der Waals surface area contributed by atoms with Gasteiger partial charge in [0.15, 0.2) is 0 Å². The van der Waals surface area contributed by atoms with E-state index in [1.807, 2.05) is 38.1 Å². The van der Waals surface area contributed by atoms with E-state index in [4.69, 9.17) is 23.2 Å². The molecule has 0 saturated carbocycles. The van der Waals surface area contributed by atoms with Crippen LogP contribution < -0.4 is 5.32 Å². The summed E-state index contributed by atoms with van der Waals surface area (Å²) in [5.74, 6) is -0.0704. The average Bonchev–Trinajstić information content (AvgIpc) is 3.04. The second-order valence-electron chi connectivity index (χ2n) is 5.65. The Morgan fingerprint density at radius 2 is 1.81 bits per heavy atom. The first-order valence-electron chi connectivity index (χ1n) is 7.68. The Morgan fingerprint density at radius 1 is 1.12 bits per heavy atom. The minimum Gasteiger partial charge on any atom is -0.324 e. The zero-order valence-corrected chi connectivity index (χ0v) is 16.4. The molecule has 134 valence electrons. The molecule has 2 aromatic carbocycles. The minimum absolute atomic E-state index is 0.133. The van der Waals surface area contributed by atoms with Gasteiger partial charge in [-0.3, -0.25) is 4.79 Å². The predicted octanol–water partition coefficient (Wildman–Crippen LogP) is 4.32. The predicted molar refractivity (Wildman–Crippen MR) is 104 cm³/mol. The molecule has 6 nitrogen and oxygen atoms in total. The quantitative estimate of drug-likeness (QED) is 0.637. The van der Waals surface area contributed by atoms with Crippen molar-refractivity contribution in [3.8, 4) is 5.69 Å². The normalized spacial score (nSPS) is 10.8. The van der Waals surface area contributed by atoms with Crippen LogP contribution in [0.25, 0.3) is 5.69 Å². The number of benzene rings is 2. The van der Waals surface area contributed by atoms with Crippen molar-refractivity contribution in [1.82, 2.24) is 20.2 Å². The second-order valence-corrected chi connectivity index (χ2v) is 7.41. The highest BCUT2D eigenvalue weighted by molar-refractivity contribution is 7.99. The fourth-order valence-electron chi connectivity index (χ4n) is 2.24. The zero-order chi connectivity index (χ0) is 18.7. The summed E-state index contributed by atoms with van der Waals surface area (Å²) < 4.78 is 1.51. The van der Waals surface area contributed by atoms with Gasteiger partial charge in [-0.2, -0.15) is 4.68 Å². The fourth-order valence-corrected chi connectivity index (χ4v) is 3.52. The van der Waals surface area contributed by atoms with E-state index in [9.17, 15) is 4.79 Å². The second kappa shape index (κ2) is 8.07. The van der Waals surface area contributed by atoms with Crippen LogP contribution in [-0.2, 0) is 4.79 Å². The lowest BCUT2D eigenvalue weighted by molar-refractivity contribution is -0.113. The minimum atomic E-state index is -0.203. The topological polar surface area (TPSA) is 72.7 Å². The molecular weight excluding hydrogens is 393 g/mol. The smallest absolute Gasteiger partial charge is 0.234 e. The first-order valence-corrected chi connectivity index (χ1v) is 9.42. The molecule has 1 N–H and O–H groups in total. The summed E-state index contributed by atoms with van der Waals surface area (Å²) in [5.41, 5.74) is 3.29. The van der Waals surface area contributed by atoms with Crippen LogP contribution in [0.5, 0.6) is 0 Å². The average molecular weight is 408 g/mol. The largest absolute Gasteiger partial charge is 0.324 e. The number of thioether (sulfide) groups is 1. The maximum absolute atomic E-state index is 12.2. The van der Waals surface area contributed by atoms with Gasteiger partial charge in [0.1, 0.15) is 0 Å². The van der Waals surface area contributed by atoms with Gasteiger partial charge >= 0.3 is 0 Å². The summed E-state index contributed by atoms with van der Waals surface area (Å²) in [7, 11) is 0. The highest BCUT2D eigenvalue weighted by atomic mass is 35.5. The standard InChI is InChI=1S/C17H15Cl2N5OS/c1-10-3-5-14(12(18)7-10)20-16(25)9-26-17-21-22-23-24(17)15-6-4-11(2)8-13(15)19/h3-8H,9H2,1-2H3,(H,20,25). The van der Waals surface area contributed by atoms with E-state index in [2.05, 4.69) is 20.8 Å². The van der Waals surface area contributed by atoms with Crippen molar-refractivity contribution in [2.75, 3.05) is 11.1 Å². The van der Waals surface area contributed by atoms with Gasteiger partial charge in [-0.25, -0.2) is 0 Å².